The molecule has 0 spiro atoms. The number of benzene rings is 3. The molecule has 0 atom stereocenters. The number of nitrogens with zero attached hydrogens (tertiary/aromatic N) is 2. The zero-order valence-electron chi connectivity index (χ0n) is 22.3. The van der Waals surface area contributed by atoms with Crippen LogP contribution >= 0.6 is 0 Å². The highest BCUT2D eigenvalue weighted by molar-refractivity contribution is 5.92. The highest BCUT2D eigenvalue weighted by atomic mass is 19.1. The monoisotopic (exact) mass is 476 g/mol. The highest BCUT2D eigenvalue weighted by Crippen LogP contribution is 2.35. The maximum atomic E-state index is 14.7. The van der Waals surface area contributed by atoms with Gasteiger partial charge in [0.05, 0.1) is 35.0 Å². The molecule has 1 aromatic heterocycles. The van der Waals surface area contributed by atoms with Crippen LogP contribution in [0.5, 0.6) is 5.75 Å². The molecule has 3 aromatic carbocycles. The van der Waals surface area contributed by atoms with Crippen molar-refractivity contribution in [2.24, 2.45) is 5.73 Å². The number of methoxy groups -OCH3 is 2. The highest BCUT2D eigenvalue weighted by Gasteiger charge is 2.19. The van der Waals surface area contributed by atoms with Crippen molar-refractivity contribution in [1.82, 2.24) is 4.57 Å². The first kappa shape index (κ1) is 19.5. The van der Waals surface area contributed by atoms with E-state index in [0.29, 0.717) is 11.3 Å². The molecule has 0 amide bonds. The number of carbonyl (C=O) groups is 1. The van der Waals surface area contributed by atoms with Crippen molar-refractivity contribution in [2.75, 3.05) is 32.1 Å². The third kappa shape index (κ3) is 4.35. The third-order valence-electron chi connectivity index (χ3n) is 6.59. The molecule has 1 aliphatic heterocycles. The fourth-order valence-electron chi connectivity index (χ4n) is 4.68. The predicted octanol–water partition coefficient (Wildman–Crippen LogP) is 5.16. The second-order valence-electron chi connectivity index (χ2n) is 8.72. The molecular formula is C28H28FN3O3. The van der Waals surface area contributed by atoms with Gasteiger partial charge >= 0.3 is 5.97 Å². The Morgan fingerprint density at radius 3 is 2.46 bits per heavy atom. The van der Waals surface area contributed by atoms with Crippen LogP contribution in [0.2, 0.25) is 0 Å². The summed E-state index contributed by atoms with van der Waals surface area (Å²) in [5.74, 6) is -1.26. The zero-order valence-corrected chi connectivity index (χ0v) is 19.3. The standard InChI is InChI=1S/C28H28FN3O3/c1-34-27-10-5-19(16-24(27)29)26-17-20-15-23(31-13-11-21(30)12-14-31)8-9-25(20)32(26)22-6-3-18(4-7-22)28(33)35-2/h3-10,15-17,21H,11-14,30H2,1-2H3/i2D3. The number of piperidine rings is 1. The van der Waals surface area contributed by atoms with Crippen LogP contribution in [0, 0.1) is 5.82 Å². The van der Waals surface area contributed by atoms with Gasteiger partial charge in [0.2, 0.25) is 0 Å². The first-order valence-electron chi connectivity index (χ1n) is 13.0. The summed E-state index contributed by atoms with van der Waals surface area (Å²) < 4.78 is 47.8. The summed E-state index contributed by atoms with van der Waals surface area (Å²) in [7, 11) is -1.40. The van der Waals surface area contributed by atoms with E-state index in [0.717, 1.165) is 48.2 Å². The first-order valence-corrected chi connectivity index (χ1v) is 11.5. The molecule has 35 heavy (non-hydrogen) atoms. The topological polar surface area (TPSA) is 69.7 Å². The van der Waals surface area contributed by atoms with Crippen LogP contribution in [0.15, 0.2) is 66.7 Å². The average molecular weight is 477 g/mol. The van der Waals surface area contributed by atoms with Gasteiger partial charge in [0.25, 0.3) is 0 Å². The van der Waals surface area contributed by atoms with Crippen LogP contribution in [0.1, 0.15) is 27.3 Å². The van der Waals surface area contributed by atoms with E-state index in [1.165, 1.54) is 25.3 Å². The minimum atomic E-state index is -2.82. The lowest BCUT2D eigenvalue weighted by Gasteiger charge is -2.32. The second kappa shape index (κ2) is 9.43. The Hall–Kier alpha value is -3.84. The van der Waals surface area contributed by atoms with Gasteiger partial charge in [-0.05, 0) is 79.6 Å². The molecule has 180 valence electrons. The summed E-state index contributed by atoms with van der Waals surface area (Å²) >= 11 is 0. The lowest BCUT2D eigenvalue weighted by atomic mass is 10.1. The number of rotatable bonds is 5. The van der Waals surface area contributed by atoms with Crippen LogP contribution in [-0.2, 0) is 4.74 Å². The lowest BCUT2D eigenvalue weighted by molar-refractivity contribution is 0.0600. The van der Waals surface area contributed by atoms with E-state index >= 15 is 0 Å². The van der Waals surface area contributed by atoms with Crippen molar-refractivity contribution in [3.8, 4) is 22.7 Å². The maximum Gasteiger partial charge on any atom is 0.337 e. The van der Waals surface area contributed by atoms with Gasteiger partial charge in [0.1, 0.15) is 0 Å². The van der Waals surface area contributed by atoms with Crippen LogP contribution < -0.4 is 15.4 Å². The van der Waals surface area contributed by atoms with E-state index in [9.17, 15) is 9.18 Å². The van der Waals surface area contributed by atoms with Gasteiger partial charge in [-0.3, -0.25) is 0 Å². The van der Waals surface area contributed by atoms with Crippen LogP contribution in [0.3, 0.4) is 0 Å². The van der Waals surface area contributed by atoms with E-state index in [2.05, 4.69) is 21.8 Å². The number of anilines is 1. The number of halogens is 1. The summed E-state index contributed by atoms with van der Waals surface area (Å²) in [6, 6.07) is 19.7. The third-order valence-corrected chi connectivity index (χ3v) is 6.59. The molecule has 1 saturated heterocycles. The number of aromatic nitrogens is 1. The van der Waals surface area contributed by atoms with Crippen LogP contribution in [0.25, 0.3) is 27.8 Å². The largest absolute Gasteiger partial charge is 0.494 e. The molecule has 7 heteroatoms. The molecular weight excluding hydrogens is 445 g/mol. The zero-order chi connectivity index (χ0) is 27.0. The minimum Gasteiger partial charge on any atom is -0.494 e. The number of fused-ring (bicyclic) bond motifs is 1. The van der Waals surface area contributed by atoms with Gasteiger partial charge in [-0.1, -0.05) is 0 Å². The van der Waals surface area contributed by atoms with Gasteiger partial charge in [0.15, 0.2) is 11.6 Å². The Morgan fingerprint density at radius 2 is 1.77 bits per heavy atom. The summed E-state index contributed by atoms with van der Waals surface area (Å²) in [6.07, 6.45) is 1.87. The van der Waals surface area contributed by atoms with Crippen LogP contribution in [0.4, 0.5) is 10.1 Å². The Bertz CT molecular complexity index is 1480. The lowest BCUT2D eigenvalue weighted by Crippen LogP contribution is -2.39. The molecule has 6 nitrogen and oxygen atoms in total. The molecule has 2 N–H and O–H groups in total. The maximum absolute atomic E-state index is 14.7. The minimum absolute atomic E-state index is 0.115. The van der Waals surface area contributed by atoms with Crippen molar-refractivity contribution in [1.29, 1.82) is 0 Å². The molecule has 1 aliphatic rings. The van der Waals surface area contributed by atoms with Crippen molar-refractivity contribution in [3.05, 3.63) is 78.1 Å². The number of esters is 1. The average Bonchev–Trinajstić information content (AvgIpc) is 3.27. The van der Waals surface area contributed by atoms with E-state index in [1.54, 1.807) is 24.3 Å². The van der Waals surface area contributed by atoms with Gasteiger partial charge in [0, 0.05) is 41.5 Å². The number of nitrogens with two attached hydrogens (primary N) is 1. The smallest absolute Gasteiger partial charge is 0.337 e. The second-order valence-corrected chi connectivity index (χ2v) is 8.72. The van der Waals surface area contributed by atoms with E-state index in [-0.39, 0.29) is 17.4 Å². The van der Waals surface area contributed by atoms with Crippen molar-refractivity contribution >= 4 is 22.6 Å². The van der Waals surface area contributed by atoms with Gasteiger partial charge < -0.3 is 24.7 Å². The number of hydrogen-bond acceptors (Lipinski definition) is 5. The molecule has 0 aliphatic carbocycles. The fourth-order valence-corrected chi connectivity index (χ4v) is 4.68. The number of ether oxygens (including phenoxy) is 2. The van der Waals surface area contributed by atoms with Gasteiger partial charge in [-0.2, -0.15) is 0 Å². The van der Waals surface area contributed by atoms with Gasteiger partial charge in [-0.25, -0.2) is 9.18 Å². The fraction of sp³-hybridized carbons (Fsp3) is 0.250. The summed E-state index contributed by atoms with van der Waals surface area (Å²) in [5, 5.41) is 0.967. The normalized spacial score (nSPS) is 16.0. The Labute approximate surface area is 207 Å². The van der Waals surface area contributed by atoms with Gasteiger partial charge in [-0.15, -0.1) is 0 Å². The molecule has 4 aromatic rings. The van der Waals surface area contributed by atoms with E-state index < -0.39 is 18.8 Å². The molecule has 5 rings (SSSR count). The summed E-state index contributed by atoms with van der Waals surface area (Å²) in [6.45, 7) is 1.77. The Kier molecular flexibility index (Phi) is 5.24. The molecule has 0 unspecified atom stereocenters. The molecule has 2 heterocycles. The Morgan fingerprint density at radius 1 is 1.03 bits per heavy atom. The molecule has 0 bridgehead atoms. The summed E-state index contributed by atoms with van der Waals surface area (Å²) in [5.41, 5.74) is 10.3. The van der Waals surface area contributed by atoms with E-state index in [4.69, 9.17) is 14.6 Å². The summed E-state index contributed by atoms with van der Waals surface area (Å²) in [4.78, 5) is 14.5. The predicted molar refractivity (Wildman–Crippen MR) is 136 cm³/mol. The SMILES string of the molecule is [2H]C([2H])([2H])OC(=O)c1ccc(-n2c(-c3ccc(OC)c(F)c3)cc3cc(N4CCC(N)CC4)ccc32)cc1. The quantitative estimate of drug-likeness (QED) is 0.403. The molecule has 0 saturated carbocycles. The number of carbonyl (C=O) groups excluding carboxylic acids is 1. The van der Waals surface area contributed by atoms with E-state index in [1.807, 2.05) is 16.7 Å². The number of hydrogen-bond donors (Lipinski definition) is 1. The van der Waals surface area contributed by atoms with Crippen molar-refractivity contribution in [2.45, 2.75) is 18.9 Å². The first-order chi connectivity index (χ1) is 18.1. The van der Waals surface area contributed by atoms with Crippen molar-refractivity contribution < 1.29 is 22.8 Å². The molecule has 0 radical (unpaired) electrons. The van der Waals surface area contributed by atoms with Crippen LogP contribution in [-0.4, -0.2) is 43.8 Å². The Balaban J connectivity index is 1.59. The molecule has 1 fully saturated rings. The van der Waals surface area contributed by atoms with Crippen molar-refractivity contribution in [3.63, 3.8) is 0 Å².